The molecule has 0 aliphatic carbocycles. The highest BCUT2D eigenvalue weighted by molar-refractivity contribution is 7.91. The fourth-order valence-corrected chi connectivity index (χ4v) is 2.71. The Hall–Kier alpha value is -1.94. The highest BCUT2D eigenvalue weighted by Crippen LogP contribution is 2.12. The molecular weight excluding hydrogens is 263 g/mol. The summed E-state index contributed by atoms with van der Waals surface area (Å²) in [5.41, 5.74) is 0.941. The first-order valence-corrected chi connectivity index (χ1v) is 7.43. The first kappa shape index (κ1) is 13.5. The number of benzene rings is 2. The standard InChI is InChI=1S/C15H13FO2S/c16-14-8-10-15(11-9-14)19(17,18)12-4-7-13-5-2-1-3-6-13/h1-11H,12H2/b7-4+. The lowest BCUT2D eigenvalue weighted by Gasteiger charge is -2.01. The Kier molecular flexibility index (Phi) is 4.12. The van der Waals surface area contributed by atoms with E-state index in [1.165, 1.54) is 12.1 Å². The van der Waals surface area contributed by atoms with Gasteiger partial charge >= 0.3 is 0 Å². The Morgan fingerprint density at radius 3 is 2.21 bits per heavy atom. The van der Waals surface area contributed by atoms with Crippen molar-refractivity contribution in [2.75, 3.05) is 5.75 Å². The molecule has 0 aliphatic heterocycles. The average Bonchev–Trinajstić information content (AvgIpc) is 2.40. The molecule has 0 saturated heterocycles. The van der Waals surface area contributed by atoms with Crippen LogP contribution in [0.25, 0.3) is 6.08 Å². The summed E-state index contributed by atoms with van der Waals surface area (Å²) < 4.78 is 36.7. The molecule has 0 saturated carbocycles. The van der Waals surface area contributed by atoms with E-state index in [9.17, 15) is 12.8 Å². The summed E-state index contributed by atoms with van der Waals surface area (Å²) in [5, 5.41) is 0. The molecule has 2 aromatic carbocycles. The van der Waals surface area contributed by atoms with Gasteiger partial charge in [-0.05, 0) is 29.8 Å². The molecule has 19 heavy (non-hydrogen) atoms. The first-order valence-electron chi connectivity index (χ1n) is 5.78. The second-order valence-electron chi connectivity index (χ2n) is 4.05. The van der Waals surface area contributed by atoms with E-state index in [2.05, 4.69) is 0 Å². The summed E-state index contributed by atoms with van der Waals surface area (Å²) in [7, 11) is -3.40. The van der Waals surface area contributed by atoms with E-state index in [1.807, 2.05) is 30.3 Å². The highest BCUT2D eigenvalue weighted by atomic mass is 32.2. The number of hydrogen-bond donors (Lipinski definition) is 0. The minimum absolute atomic E-state index is 0.104. The van der Waals surface area contributed by atoms with E-state index in [1.54, 1.807) is 12.2 Å². The van der Waals surface area contributed by atoms with Crippen molar-refractivity contribution >= 4 is 15.9 Å². The maximum absolute atomic E-state index is 12.7. The molecule has 98 valence electrons. The van der Waals surface area contributed by atoms with Gasteiger partial charge in [0.2, 0.25) is 0 Å². The molecule has 0 aliphatic rings. The predicted molar refractivity (Wildman–Crippen MR) is 73.9 cm³/mol. The zero-order valence-electron chi connectivity index (χ0n) is 10.2. The zero-order chi connectivity index (χ0) is 13.7. The first-order chi connectivity index (χ1) is 9.08. The van der Waals surface area contributed by atoms with Gasteiger partial charge in [-0.1, -0.05) is 42.5 Å². The number of halogens is 1. The molecule has 0 bridgehead atoms. The molecule has 0 aromatic heterocycles. The highest BCUT2D eigenvalue weighted by Gasteiger charge is 2.11. The number of hydrogen-bond acceptors (Lipinski definition) is 2. The molecule has 0 heterocycles. The Morgan fingerprint density at radius 2 is 1.58 bits per heavy atom. The average molecular weight is 276 g/mol. The second kappa shape index (κ2) is 5.80. The molecule has 0 atom stereocenters. The van der Waals surface area contributed by atoms with Gasteiger partial charge < -0.3 is 0 Å². The Balaban J connectivity index is 2.10. The van der Waals surface area contributed by atoms with Crippen LogP contribution in [0.2, 0.25) is 0 Å². The molecule has 2 rings (SSSR count). The van der Waals surface area contributed by atoms with Crippen molar-refractivity contribution < 1.29 is 12.8 Å². The van der Waals surface area contributed by atoms with Crippen LogP contribution < -0.4 is 0 Å². The van der Waals surface area contributed by atoms with Crippen molar-refractivity contribution in [3.8, 4) is 0 Å². The Bertz CT molecular complexity index is 659. The third-order valence-corrected chi connectivity index (χ3v) is 4.22. The summed E-state index contributed by atoms with van der Waals surface area (Å²) >= 11 is 0. The predicted octanol–water partition coefficient (Wildman–Crippen LogP) is 3.31. The quantitative estimate of drug-likeness (QED) is 0.803. The second-order valence-corrected chi connectivity index (χ2v) is 6.08. The van der Waals surface area contributed by atoms with Crippen molar-refractivity contribution in [2.24, 2.45) is 0 Å². The zero-order valence-corrected chi connectivity index (χ0v) is 11.0. The summed E-state index contributed by atoms with van der Waals surface area (Å²) in [4.78, 5) is 0.131. The fourth-order valence-electron chi connectivity index (χ4n) is 1.61. The van der Waals surface area contributed by atoms with Crippen molar-refractivity contribution in [1.29, 1.82) is 0 Å². The Labute approximate surface area is 112 Å². The summed E-state index contributed by atoms with van der Waals surface area (Å²) in [6.07, 6.45) is 3.34. The lowest BCUT2D eigenvalue weighted by atomic mass is 10.2. The lowest BCUT2D eigenvalue weighted by molar-refractivity contribution is 0.597. The number of sulfone groups is 1. The molecule has 0 spiro atoms. The van der Waals surface area contributed by atoms with Crippen LogP contribution in [0.4, 0.5) is 4.39 Å². The fraction of sp³-hybridized carbons (Fsp3) is 0.0667. The van der Waals surface area contributed by atoms with Gasteiger partial charge in [0.05, 0.1) is 10.6 Å². The molecule has 2 nitrogen and oxygen atoms in total. The topological polar surface area (TPSA) is 34.1 Å². The molecule has 4 heteroatoms. The number of rotatable bonds is 4. The van der Waals surface area contributed by atoms with Crippen LogP contribution in [0.15, 0.2) is 65.6 Å². The van der Waals surface area contributed by atoms with Crippen molar-refractivity contribution in [3.05, 3.63) is 72.1 Å². The van der Waals surface area contributed by atoms with E-state index in [0.717, 1.165) is 17.7 Å². The van der Waals surface area contributed by atoms with Crippen molar-refractivity contribution in [1.82, 2.24) is 0 Å². The lowest BCUT2D eigenvalue weighted by Crippen LogP contribution is -2.04. The van der Waals surface area contributed by atoms with Gasteiger partial charge in [-0.2, -0.15) is 0 Å². The van der Waals surface area contributed by atoms with E-state index in [0.29, 0.717) is 0 Å². The molecule has 0 N–H and O–H groups in total. The maximum Gasteiger partial charge on any atom is 0.181 e. The van der Waals surface area contributed by atoms with Gasteiger partial charge in [0.1, 0.15) is 5.82 Å². The van der Waals surface area contributed by atoms with Crippen LogP contribution in [0.3, 0.4) is 0 Å². The third-order valence-electron chi connectivity index (χ3n) is 2.60. The van der Waals surface area contributed by atoms with Gasteiger partial charge in [0.15, 0.2) is 9.84 Å². The van der Waals surface area contributed by atoms with Crippen LogP contribution in [0, 0.1) is 5.82 Å². The molecule has 0 radical (unpaired) electrons. The van der Waals surface area contributed by atoms with E-state index < -0.39 is 15.7 Å². The minimum atomic E-state index is -3.40. The van der Waals surface area contributed by atoms with Crippen molar-refractivity contribution in [2.45, 2.75) is 4.90 Å². The maximum atomic E-state index is 12.7. The monoisotopic (exact) mass is 276 g/mol. The van der Waals surface area contributed by atoms with Crippen LogP contribution in [0.1, 0.15) is 5.56 Å². The molecule has 2 aromatic rings. The minimum Gasteiger partial charge on any atom is -0.223 e. The van der Waals surface area contributed by atoms with Crippen LogP contribution in [-0.4, -0.2) is 14.2 Å². The van der Waals surface area contributed by atoms with Crippen molar-refractivity contribution in [3.63, 3.8) is 0 Å². The summed E-state index contributed by atoms with van der Waals surface area (Å²) in [6, 6.07) is 14.3. The summed E-state index contributed by atoms with van der Waals surface area (Å²) in [6.45, 7) is 0. The van der Waals surface area contributed by atoms with Gasteiger partial charge in [-0.3, -0.25) is 0 Å². The van der Waals surface area contributed by atoms with E-state index in [4.69, 9.17) is 0 Å². The largest absolute Gasteiger partial charge is 0.223 e. The molecule has 0 unspecified atom stereocenters. The smallest absolute Gasteiger partial charge is 0.181 e. The van der Waals surface area contributed by atoms with Gasteiger partial charge in [-0.15, -0.1) is 0 Å². The van der Waals surface area contributed by atoms with Crippen LogP contribution in [0.5, 0.6) is 0 Å². The Morgan fingerprint density at radius 1 is 0.947 bits per heavy atom. The van der Waals surface area contributed by atoms with Crippen LogP contribution in [-0.2, 0) is 9.84 Å². The van der Waals surface area contributed by atoms with E-state index >= 15 is 0 Å². The van der Waals surface area contributed by atoms with Gasteiger partial charge in [0.25, 0.3) is 0 Å². The normalized spacial score (nSPS) is 11.8. The molecule has 0 amide bonds. The summed E-state index contributed by atoms with van der Waals surface area (Å²) in [5.74, 6) is -0.549. The SMILES string of the molecule is O=S(=O)(C/C=C/c1ccccc1)c1ccc(F)cc1. The van der Waals surface area contributed by atoms with Crippen LogP contribution >= 0.6 is 0 Å². The molecular formula is C15H13FO2S. The van der Waals surface area contributed by atoms with Gasteiger partial charge in [-0.25, -0.2) is 12.8 Å². The molecule has 0 fully saturated rings. The van der Waals surface area contributed by atoms with E-state index in [-0.39, 0.29) is 10.6 Å². The third kappa shape index (κ3) is 3.76. The van der Waals surface area contributed by atoms with Gasteiger partial charge in [0, 0.05) is 0 Å².